The monoisotopic (exact) mass is 258 g/mol. The Balaban J connectivity index is 3.01. The topological polar surface area (TPSA) is 15.6 Å². The normalized spacial score (nSPS) is 17.4. The van der Waals surface area contributed by atoms with Gasteiger partial charge in [0.25, 0.3) is 0 Å². The highest BCUT2D eigenvalue weighted by molar-refractivity contribution is 5.71. The molecule has 19 heavy (non-hydrogen) atoms. The van der Waals surface area contributed by atoms with Gasteiger partial charge in [-0.1, -0.05) is 52.0 Å². The van der Waals surface area contributed by atoms with Gasteiger partial charge in [-0.05, 0) is 31.4 Å². The summed E-state index contributed by atoms with van der Waals surface area (Å²) in [5.74, 6) is 0.971. The van der Waals surface area contributed by atoms with Gasteiger partial charge in [0.2, 0.25) is 0 Å². The minimum Gasteiger partial charge on any atom is -0.324 e. The third-order valence-corrected chi connectivity index (χ3v) is 3.43. The van der Waals surface area contributed by atoms with Gasteiger partial charge >= 0.3 is 0 Å². The fourth-order valence-electron chi connectivity index (χ4n) is 2.53. The van der Waals surface area contributed by atoms with Crippen molar-refractivity contribution in [2.75, 3.05) is 0 Å². The van der Waals surface area contributed by atoms with Crippen LogP contribution in [0.2, 0.25) is 0 Å². The highest BCUT2D eigenvalue weighted by Crippen LogP contribution is 2.29. The molecule has 2 heteroatoms. The van der Waals surface area contributed by atoms with Crippen molar-refractivity contribution in [2.45, 2.75) is 51.5 Å². The van der Waals surface area contributed by atoms with Crippen LogP contribution in [-0.2, 0) is 0 Å². The lowest BCUT2D eigenvalue weighted by Gasteiger charge is -2.36. The van der Waals surface area contributed by atoms with Gasteiger partial charge in [0.05, 0.1) is 0 Å². The van der Waals surface area contributed by atoms with E-state index in [1.807, 2.05) is 6.08 Å². The van der Waals surface area contributed by atoms with Crippen LogP contribution in [0.3, 0.4) is 0 Å². The Labute approximate surface area is 117 Å². The van der Waals surface area contributed by atoms with Crippen LogP contribution in [0.25, 0.3) is 0 Å². The first-order chi connectivity index (χ1) is 9.24. The van der Waals surface area contributed by atoms with E-state index in [4.69, 9.17) is 0 Å². The first-order valence-corrected chi connectivity index (χ1v) is 7.20. The molecule has 0 aromatic heterocycles. The third-order valence-electron chi connectivity index (χ3n) is 3.43. The van der Waals surface area contributed by atoms with Gasteiger partial charge in [0.15, 0.2) is 0 Å². The predicted molar refractivity (Wildman–Crippen MR) is 85.1 cm³/mol. The highest BCUT2D eigenvalue weighted by atomic mass is 15.2. The molecule has 1 aliphatic rings. The maximum Gasteiger partial charge on any atom is 0.129 e. The van der Waals surface area contributed by atoms with Crippen LogP contribution in [0.5, 0.6) is 0 Å². The molecule has 0 spiro atoms. The summed E-state index contributed by atoms with van der Waals surface area (Å²) in [4.78, 5) is 6.76. The smallest absolute Gasteiger partial charge is 0.129 e. The molecule has 0 aliphatic heterocycles. The molecule has 0 amide bonds. The number of rotatable bonds is 7. The van der Waals surface area contributed by atoms with E-state index in [9.17, 15) is 0 Å². The van der Waals surface area contributed by atoms with Crippen molar-refractivity contribution in [1.29, 1.82) is 0 Å². The first-order valence-electron chi connectivity index (χ1n) is 7.20. The summed E-state index contributed by atoms with van der Waals surface area (Å²) in [5.41, 5.74) is 0.938. The molecule has 0 aromatic rings. The van der Waals surface area contributed by atoms with Gasteiger partial charge in [-0.3, -0.25) is 0 Å². The summed E-state index contributed by atoms with van der Waals surface area (Å²) >= 11 is 0. The molecule has 0 atom stereocenters. The SMILES string of the molecule is C=C/C=N\C(=C/CC)N(C(=C)C=C)C1CCCCC1. The Morgan fingerprint density at radius 3 is 2.47 bits per heavy atom. The minimum absolute atomic E-state index is 0.499. The summed E-state index contributed by atoms with van der Waals surface area (Å²) in [7, 11) is 0. The van der Waals surface area contributed by atoms with E-state index in [-0.39, 0.29) is 0 Å². The molecule has 0 aromatic carbocycles. The zero-order valence-electron chi connectivity index (χ0n) is 12.1. The van der Waals surface area contributed by atoms with Crippen molar-refractivity contribution in [1.82, 2.24) is 4.90 Å². The van der Waals surface area contributed by atoms with Gasteiger partial charge < -0.3 is 4.90 Å². The Kier molecular flexibility index (Phi) is 6.94. The van der Waals surface area contributed by atoms with E-state index >= 15 is 0 Å². The number of hydrogen-bond acceptors (Lipinski definition) is 2. The van der Waals surface area contributed by atoms with Crippen LogP contribution in [0.1, 0.15) is 45.4 Å². The standard InChI is InChI=1S/C17H26N2/c1-5-11-17(18-14-6-2)19(15(4)7-3)16-12-9-8-10-13-16/h6-7,11,14,16H,2-5,8-10,12-13H2,1H3/b17-11+,18-14-. The summed E-state index contributed by atoms with van der Waals surface area (Å²) in [5, 5.41) is 0. The second-order valence-electron chi connectivity index (χ2n) is 4.84. The highest BCUT2D eigenvalue weighted by Gasteiger charge is 2.23. The number of nitrogens with zero attached hydrogens (tertiary/aromatic N) is 2. The molecule has 0 bridgehead atoms. The summed E-state index contributed by atoms with van der Waals surface area (Å²) in [6, 6.07) is 0.499. The predicted octanol–water partition coefficient (Wildman–Crippen LogP) is 4.83. The van der Waals surface area contributed by atoms with Crippen LogP contribution in [-0.4, -0.2) is 17.2 Å². The molecular formula is C17H26N2. The van der Waals surface area contributed by atoms with Crippen LogP contribution >= 0.6 is 0 Å². The molecule has 0 N–H and O–H groups in total. The average molecular weight is 258 g/mol. The van der Waals surface area contributed by atoms with Crippen LogP contribution in [0.15, 0.2) is 54.5 Å². The molecule has 2 nitrogen and oxygen atoms in total. The Morgan fingerprint density at radius 1 is 1.26 bits per heavy atom. The number of aliphatic imine (C=N–C) groups is 1. The molecule has 0 saturated heterocycles. The lowest BCUT2D eigenvalue weighted by molar-refractivity contribution is 0.247. The zero-order valence-corrected chi connectivity index (χ0v) is 12.1. The largest absolute Gasteiger partial charge is 0.324 e. The Morgan fingerprint density at radius 2 is 1.95 bits per heavy atom. The Hall–Kier alpha value is -1.57. The van der Waals surface area contributed by atoms with Crippen LogP contribution in [0, 0.1) is 0 Å². The van der Waals surface area contributed by atoms with Gasteiger partial charge in [-0.15, -0.1) is 0 Å². The second kappa shape index (κ2) is 8.52. The molecule has 0 heterocycles. The average Bonchev–Trinajstić information content (AvgIpc) is 2.46. The van der Waals surface area contributed by atoms with E-state index < -0.39 is 0 Å². The number of hydrogen-bond donors (Lipinski definition) is 0. The maximum atomic E-state index is 4.51. The van der Waals surface area contributed by atoms with Crippen molar-refractivity contribution < 1.29 is 0 Å². The van der Waals surface area contributed by atoms with Gasteiger partial charge in [0.1, 0.15) is 5.82 Å². The summed E-state index contributed by atoms with van der Waals surface area (Å²) < 4.78 is 0. The molecule has 1 saturated carbocycles. The molecule has 1 rings (SSSR count). The maximum absolute atomic E-state index is 4.51. The van der Waals surface area contributed by atoms with Crippen LogP contribution < -0.4 is 0 Å². The Bertz CT molecular complexity index is 371. The van der Waals surface area contributed by atoms with E-state index in [2.05, 4.69) is 42.6 Å². The molecule has 0 radical (unpaired) electrons. The summed E-state index contributed by atoms with van der Waals surface area (Å²) in [6.07, 6.45) is 14.7. The second-order valence-corrected chi connectivity index (χ2v) is 4.84. The van der Waals surface area contributed by atoms with E-state index in [0.29, 0.717) is 6.04 Å². The fraction of sp³-hybridized carbons (Fsp3) is 0.471. The lowest BCUT2D eigenvalue weighted by atomic mass is 9.93. The number of allylic oxidation sites excluding steroid dienone is 3. The van der Waals surface area contributed by atoms with E-state index in [1.165, 1.54) is 32.1 Å². The summed E-state index contributed by atoms with van der Waals surface area (Å²) in [6.45, 7) is 13.8. The van der Waals surface area contributed by atoms with Crippen LogP contribution in [0.4, 0.5) is 0 Å². The zero-order chi connectivity index (χ0) is 14.1. The van der Waals surface area contributed by atoms with Crippen molar-refractivity contribution in [3.8, 4) is 0 Å². The van der Waals surface area contributed by atoms with E-state index in [0.717, 1.165) is 17.9 Å². The molecule has 1 fully saturated rings. The van der Waals surface area contributed by atoms with Crippen molar-refractivity contribution >= 4 is 6.21 Å². The quantitative estimate of drug-likeness (QED) is 0.472. The van der Waals surface area contributed by atoms with Gasteiger partial charge in [-0.25, -0.2) is 4.99 Å². The fourth-order valence-corrected chi connectivity index (χ4v) is 2.53. The van der Waals surface area contributed by atoms with Crippen molar-refractivity contribution in [3.05, 3.63) is 49.5 Å². The molecule has 104 valence electrons. The van der Waals surface area contributed by atoms with Crippen molar-refractivity contribution in [2.24, 2.45) is 4.99 Å². The van der Waals surface area contributed by atoms with Crippen molar-refractivity contribution in [3.63, 3.8) is 0 Å². The minimum atomic E-state index is 0.499. The third kappa shape index (κ3) is 4.55. The van der Waals surface area contributed by atoms with Gasteiger partial charge in [-0.2, -0.15) is 0 Å². The lowest BCUT2D eigenvalue weighted by Crippen LogP contribution is -2.34. The molecular weight excluding hydrogens is 232 g/mol. The molecule has 0 unspecified atom stereocenters. The van der Waals surface area contributed by atoms with Gasteiger partial charge in [0, 0.05) is 18.0 Å². The van der Waals surface area contributed by atoms with E-state index in [1.54, 1.807) is 12.3 Å². The first kappa shape index (κ1) is 15.5. The molecule has 1 aliphatic carbocycles.